The molecule has 132 valence electrons. The van der Waals surface area contributed by atoms with Crippen LogP contribution in [0.2, 0.25) is 5.02 Å². The van der Waals surface area contributed by atoms with E-state index in [2.05, 4.69) is 0 Å². The maximum atomic E-state index is 11.5. The van der Waals surface area contributed by atoms with Crippen molar-refractivity contribution >= 4 is 23.4 Å². The Hall–Kier alpha value is -1.83. The monoisotopic (exact) mass is 355 g/mol. The summed E-state index contributed by atoms with van der Waals surface area (Å²) in [4.78, 5) is 26.1. The minimum atomic E-state index is -0.620. The summed E-state index contributed by atoms with van der Waals surface area (Å²) in [5.74, 6) is -0.0808. The summed E-state index contributed by atoms with van der Waals surface area (Å²) in [6.07, 6.45) is -0.620. The van der Waals surface area contributed by atoms with E-state index >= 15 is 0 Å². The van der Waals surface area contributed by atoms with E-state index in [0.29, 0.717) is 43.5 Å². The second-order valence-corrected chi connectivity index (χ2v) is 6.30. The van der Waals surface area contributed by atoms with Crippen molar-refractivity contribution in [3.05, 3.63) is 28.8 Å². The van der Waals surface area contributed by atoms with Crippen LogP contribution < -0.4 is 10.5 Å². The number of hydrogen-bond acceptors (Lipinski definition) is 5. The first kappa shape index (κ1) is 18.5. The molecular weight excluding hydrogens is 334 g/mol. The second kappa shape index (κ2) is 8.32. The van der Waals surface area contributed by atoms with Gasteiger partial charge in [-0.05, 0) is 18.2 Å². The van der Waals surface area contributed by atoms with E-state index in [1.807, 2.05) is 4.90 Å². The van der Waals surface area contributed by atoms with Gasteiger partial charge in [-0.2, -0.15) is 0 Å². The number of halogens is 1. The van der Waals surface area contributed by atoms with Gasteiger partial charge in [-0.3, -0.25) is 14.5 Å². The summed E-state index contributed by atoms with van der Waals surface area (Å²) >= 11 is 6.05. The molecule has 0 spiro atoms. The van der Waals surface area contributed by atoms with Crippen LogP contribution >= 0.6 is 11.6 Å². The van der Waals surface area contributed by atoms with Crippen LogP contribution in [0.3, 0.4) is 0 Å². The van der Waals surface area contributed by atoms with Gasteiger partial charge in [-0.15, -0.1) is 0 Å². The fraction of sp³-hybridized carbons (Fsp3) is 0.500. The van der Waals surface area contributed by atoms with Crippen molar-refractivity contribution in [3.63, 3.8) is 0 Å². The Morgan fingerprint density at radius 2 is 2.12 bits per heavy atom. The Morgan fingerprint density at radius 1 is 1.38 bits per heavy atom. The van der Waals surface area contributed by atoms with Crippen molar-refractivity contribution in [2.45, 2.75) is 19.6 Å². The Morgan fingerprint density at radius 3 is 2.79 bits per heavy atom. The largest absolute Gasteiger partial charge is 0.483 e. The molecule has 2 rings (SSSR count). The molecule has 1 aliphatic rings. The van der Waals surface area contributed by atoms with Crippen LogP contribution in [0.1, 0.15) is 12.5 Å². The molecule has 7 nitrogen and oxygen atoms in total. The van der Waals surface area contributed by atoms with Gasteiger partial charge in [-0.1, -0.05) is 11.6 Å². The van der Waals surface area contributed by atoms with Gasteiger partial charge in [0.15, 0.2) is 6.61 Å². The van der Waals surface area contributed by atoms with Crippen LogP contribution in [-0.4, -0.2) is 65.6 Å². The molecular formula is C16H22ClN3O4. The number of aliphatic hydroxyl groups is 1. The van der Waals surface area contributed by atoms with Gasteiger partial charge in [0, 0.05) is 50.2 Å². The first-order chi connectivity index (χ1) is 11.3. The molecule has 0 aromatic heterocycles. The molecule has 24 heavy (non-hydrogen) atoms. The Balaban J connectivity index is 2.10. The number of primary amides is 1. The molecule has 2 amide bonds. The van der Waals surface area contributed by atoms with Crippen LogP contribution in [0.25, 0.3) is 0 Å². The van der Waals surface area contributed by atoms with Crippen molar-refractivity contribution in [1.82, 2.24) is 9.80 Å². The number of amides is 2. The van der Waals surface area contributed by atoms with Gasteiger partial charge < -0.3 is 20.5 Å². The van der Waals surface area contributed by atoms with E-state index in [1.54, 1.807) is 23.1 Å². The third-order valence-corrected chi connectivity index (χ3v) is 4.05. The van der Waals surface area contributed by atoms with Crippen molar-refractivity contribution < 1.29 is 19.4 Å². The third kappa shape index (κ3) is 5.36. The van der Waals surface area contributed by atoms with E-state index < -0.39 is 12.0 Å². The molecule has 0 radical (unpaired) electrons. The second-order valence-electron chi connectivity index (χ2n) is 5.86. The molecule has 8 heteroatoms. The number of carbonyl (C=O) groups is 2. The van der Waals surface area contributed by atoms with Crippen molar-refractivity contribution in [2.75, 3.05) is 32.8 Å². The summed E-state index contributed by atoms with van der Waals surface area (Å²) in [5, 5.41) is 10.7. The number of nitrogens with zero attached hydrogens (tertiary/aromatic N) is 2. The quantitative estimate of drug-likeness (QED) is 0.788. The zero-order chi connectivity index (χ0) is 17.7. The lowest BCUT2D eigenvalue weighted by Crippen LogP contribution is -2.36. The summed E-state index contributed by atoms with van der Waals surface area (Å²) in [7, 11) is 0. The maximum Gasteiger partial charge on any atom is 0.255 e. The molecule has 1 unspecified atom stereocenters. The molecule has 1 fully saturated rings. The Bertz CT molecular complexity index is 611. The Labute approximate surface area is 145 Å². The van der Waals surface area contributed by atoms with Crippen LogP contribution in [0.5, 0.6) is 5.75 Å². The van der Waals surface area contributed by atoms with Crippen LogP contribution in [0.4, 0.5) is 0 Å². The number of rotatable bonds is 5. The van der Waals surface area contributed by atoms with E-state index in [9.17, 15) is 14.7 Å². The topological polar surface area (TPSA) is 96.1 Å². The lowest BCUT2D eigenvalue weighted by molar-refractivity contribution is -0.129. The number of benzene rings is 1. The minimum Gasteiger partial charge on any atom is -0.483 e. The standard InChI is InChI=1S/C16H22ClN3O4/c1-11(21)20-5-4-19(8-14(22)9-20)7-12-6-13(17)2-3-15(12)24-10-16(18)23/h2-3,6,14,22H,4-5,7-10H2,1H3,(H2,18,23). The SMILES string of the molecule is CC(=O)N1CCN(Cc2cc(Cl)ccc2OCC(N)=O)CC(O)C1. The molecule has 0 bridgehead atoms. The number of nitrogens with two attached hydrogens (primary N) is 1. The van der Waals surface area contributed by atoms with Gasteiger partial charge in [0.2, 0.25) is 5.91 Å². The van der Waals surface area contributed by atoms with Gasteiger partial charge in [0.25, 0.3) is 5.91 Å². The zero-order valence-electron chi connectivity index (χ0n) is 13.6. The highest BCUT2D eigenvalue weighted by molar-refractivity contribution is 6.30. The molecule has 1 aromatic rings. The molecule has 1 aromatic carbocycles. The first-order valence-electron chi connectivity index (χ1n) is 7.70. The fourth-order valence-electron chi connectivity index (χ4n) is 2.69. The predicted molar refractivity (Wildman–Crippen MR) is 89.7 cm³/mol. The number of hydrogen-bond donors (Lipinski definition) is 2. The summed E-state index contributed by atoms with van der Waals surface area (Å²) in [6.45, 7) is 3.70. The van der Waals surface area contributed by atoms with E-state index in [-0.39, 0.29) is 12.5 Å². The van der Waals surface area contributed by atoms with Gasteiger partial charge in [0.05, 0.1) is 6.10 Å². The van der Waals surface area contributed by atoms with E-state index in [1.165, 1.54) is 6.92 Å². The average molecular weight is 356 g/mol. The smallest absolute Gasteiger partial charge is 0.255 e. The van der Waals surface area contributed by atoms with E-state index in [0.717, 1.165) is 5.56 Å². The van der Waals surface area contributed by atoms with E-state index in [4.69, 9.17) is 22.1 Å². The maximum absolute atomic E-state index is 11.5. The number of carbonyl (C=O) groups excluding carboxylic acids is 2. The normalized spacial score (nSPS) is 19.0. The molecule has 1 heterocycles. The highest BCUT2D eigenvalue weighted by Gasteiger charge is 2.23. The number of ether oxygens (including phenoxy) is 1. The summed E-state index contributed by atoms with van der Waals surface area (Å²) < 4.78 is 5.43. The lowest BCUT2D eigenvalue weighted by Gasteiger charge is -2.22. The average Bonchev–Trinajstić information content (AvgIpc) is 2.68. The first-order valence-corrected chi connectivity index (χ1v) is 8.08. The van der Waals surface area contributed by atoms with Gasteiger partial charge in [-0.25, -0.2) is 0 Å². The van der Waals surface area contributed by atoms with Crippen molar-refractivity contribution in [2.24, 2.45) is 5.73 Å². The van der Waals surface area contributed by atoms with Gasteiger partial charge >= 0.3 is 0 Å². The number of aliphatic hydroxyl groups excluding tert-OH is 1. The molecule has 1 saturated heterocycles. The predicted octanol–water partition coefficient (Wildman–Crippen LogP) is 0.229. The minimum absolute atomic E-state index is 0.0517. The fourth-order valence-corrected chi connectivity index (χ4v) is 2.88. The third-order valence-electron chi connectivity index (χ3n) is 3.82. The zero-order valence-corrected chi connectivity index (χ0v) is 14.3. The molecule has 3 N–H and O–H groups in total. The summed E-state index contributed by atoms with van der Waals surface area (Å²) in [6, 6.07) is 5.13. The van der Waals surface area contributed by atoms with Crippen LogP contribution in [-0.2, 0) is 16.1 Å². The van der Waals surface area contributed by atoms with Crippen LogP contribution in [0.15, 0.2) is 18.2 Å². The number of β-amino-alcohol motifs (C(OH)–C–C–N with tert-alkyl or cyclic N) is 1. The molecule has 1 atom stereocenters. The Kier molecular flexibility index (Phi) is 6.42. The van der Waals surface area contributed by atoms with Crippen LogP contribution in [0, 0.1) is 0 Å². The van der Waals surface area contributed by atoms with Crippen molar-refractivity contribution in [3.8, 4) is 5.75 Å². The molecule has 1 aliphatic heterocycles. The highest BCUT2D eigenvalue weighted by Crippen LogP contribution is 2.25. The summed E-state index contributed by atoms with van der Waals surface area (Å²) in [5.41, 5.74) is 5.91. The lowest BCUT2D eigenvalue weighted by atomic mass is 10.1. The molecule has 0 aliphatic carbocycles. The van der Waals surface area contributed by atoms with Gasteiger partial charge in [0.1, 0.15) is 5.75 Å². The van der Waals surface area contributed by atoms with Crippen molar-refractivity contribution in [1.29, 1.82) is 0 Å². The highest BCUT2D eigenvalue weighted by atomic mass is 35.5. The molecule has 0 saturated carbocycles.